The van der Waals surface area contributed by atoms with Crippen LogP contribution < -0.4 is 4.90 Å². The molecule has 2 heterocycles. The van der Waals surface area contributed by atoms with Gasteiger partial charge < -0.3 is 9.45 Å². The zero-order chi connectivity index (χ0) is 18.3. The summed E-state index contributed by atoms with van der Waals surface area (Å²) in [5, 5.41) is 0.237. The van der Waals surface area contributed by atoms with Crippen molar-refractivity contribution < 1.29 is 13.3 Å². The minimum atomic E-state index is -1.43. The van der Waals surface area contributed by atoms with Crippen molar-refractivity contribution in [1.82, 2.24) is 9.97 Å². The lowest BCUT2D eigenvalue weighted by Crippen LogP contribution is -2.30. The van der Waals surface area contributed by atoms with Gasteiger partial charge in [0.05, 0.1) is 11.0 Å². The molecule has 4 rings (SSSR count). The minimum Gasteiger partial charge on any atom is -0.609 e. The molecule has 0 spiro atoms. The van der Waals surface area contributed by atoms with Gasteiger partial charge in [-0.2, -0.15) is 4.98 Å². The summed E-state index contributed by atoms with van der Waals surface area (Å²) < 4.78 is 39.6. The van der Waals surface area contributed by atoms with E-state index in [4.69, 9.17) is 0 Å². The van der Waals surface area contributed by atoms with E-state index in [-0.39, 0.29) is 10.7 Å². The SMILES string of the molecule is CCN1CCCc2cccc(C[S+]([O-])c3nc4cc(F)c(F)cc4[nH]3)c21. The summed E-state index contributed by atoms with van der Waals surface area (Å²) in [4.78, 5) is 9.36. The number of hydrogen-bond acceptors (Lipinski definition) is 3. The van der Waals surface area contributed by atoms with Crippen molar-refractivity contribution in [1.29, 1.82) is 0 Å². The van der Waals surface area contributed by atoms with E-state index in [1.54, 1.807) is 0 Å². The summed E-state index contributed by atoms with van der Waals surface area (Å²) in [7, 11) is 0. The third kappa shape index (κ3) is 3.05. The van der Waals surface area contributed by atoms with E-state index in [1.807, 2.05) is 12.1 Å². The molecule has 0 fully saturated rings. The zero-order valence-electron chi connectivity index (χ0n) is 14.4. The molecule has 2 aromatic carbocycles. The van der Waals surface area contributed by atoms with Crippen molar-refractivity contribution in [2.24, 2.45) is 0 Å². The van der Waals surface area contributed by atoms with Crippen LogP contribution in [0.3, 0.4) is 0 Å². The molecule has 136 valence electrons. The van der Waals surface area contributed by atoms with Crippen LogP contribution in [0, 0.1) is 11.6 Å². The molecule has 1 atom stereocenters. The first-order valence-corrected chi connectivity index (χ1v) is 9.97. The molecule has 1 unspecified atom stereocenters. The highest BCUT2D eigenvalue weighted by Crippen LogP contribution is 2.33. The van der Waals surface area contributed by atoms with Crippen LogP contribution in [0.1, 0.15) is 24.5 Å². The van der Waals surface area contributed by atoms with E-state index >= 15 is 0 Å². The van der Waals surface area contributed by atoms with Crippen LogP contribution in [0.4, 0.5) is 14.5 Å². The first-order chi connectivity index (χ1) is 12.6. The van der Waals surface area contributed by atoms with Crippen LogP contribution in [0.5, 0.6) is 0 Å². The summed E-state index contributed by atoms with van der Waals surface area (Å²) in [6.45, 7) is 4.02. The quantitative estimate of drug-likeness (QED) is 0.703. The summed E-state index contributed by atoms with van der Waals surface area (Å²) in [5.74, 6) is -1.60. The number of benzene rings is 2. The van der Waals surface area contributed by atoms with Gasteiger partial charge in [-0.25, -0.2) is 8.78 Å². The van der Waals surface area contributed by atoms with Gasteiger partial charge >= 0.3 is 5.16 Å². The van der Waals surface area contributed by atoms with Gasteiger partial charge in [-0.15, -0.1) is 0 Å². The van der Waals surface area contributed by atoms with Crippen molar-refractivity contribution in [3.8, 4) is 0 Å². The van der Waals surface area contributed by atoms with Crippen molar-refractivity contribution in [2.75, 3.05) is 18.0 Å². The van der Waals surface area contributed by atoms with Crippen LogP contribution in [-0.4, -0.2) is 27.6 Å². The number of fused-ring (bicyclic) bond motifs is 2. The molecule has 1 aliphatic heterocycles. The van der Waals surface area contributed by atoms with Gasteiger partial charge in [0, 0.05) is 47.6 Å². The molecular formula is C19H19F2N3OS. The number of aryl methyl sites for hydroxylation is 1. The van der Waals surface area contributed by atoms with E-state index in [9.17, 15) is 13.3 Å². The number of nitrogens with zero attached hydrogens (tertiary/aromatic N) is 2. The Morgan fingerprint density at radius 3 is 2.88 bits per heavy atom. The molecule has 4 nitrogen and oxygen atoms in total. The Morgan fingerprint density at radius 2 is 2.08 bits per heavy atom. The monoisotopic (exact) mass is 375 g/mol. The number of anilines is 1. The molecule has 3 aromatic rings. The van der Waals surface area contributed by atoms with Crippen molar-refractivity contribution in [3.63, 3.8) is 0 Å². The number of H-pyrrole nitrogens is 1. The Labute approximate surface area is 153 Å². The molecule has 0 saturated carbocycles. The standard InChI is InChI=1S/C19H19F2N3OS/c1-2-24-8-4-7-12-5-3-6-13(18(12)24)11-26(25)19-22-16-9-14(20)15(21)10-17(16)23-19/h3,5-6,9-10H,2,4,7-8,11H2,1H3,(H,22,23). The molecule has 0 radical (unpaired) electrons. The maximum absolute atomic E-state index is 13.4. The number of aromatic nitrogens is 2. The Bertz CT molecular complexity index is 920. The van der Waals surface area contributed by atoms with Gasteiger partial charge in [0.25, 0.3) is 0 Å². The molecule has 1 aromatic heterocycles. The van der Waals surface area contributed by atoms with Crippen molar-refractivity contribution in [3.05, 3.63) is 53.1 Å². The molecule has 0 aliphatic carbocycles. The third-order valence-corrected chi connectivity index (χ3v) is 5.98. The van der Waals surface area contributed by atoms with E-state index < -0.39 is 22.8 Å². The maximum Gasteiger partial charge on any atom is 0.321 e. The smallest absolute Gasteiger partial charge is 0.321 e. The second-order valence-corrected chi connectivity index (χ2v) is 7.79. The van der Waals surface area contributed by atoms with Gasteiger partial charge in [-0.1, -0.05) is 18.2 Å². The number of para-hydroxylation sites is 1. The average Bonchev–Trinajstić information content (AvgIpc) is 3.04. The highest BCUT2D eigenvalue weighted by atomic mass is 32.2. The first kappa shape index (κ1) is 17.3. The molecule has 0 amide bonds. The molecule has 1 aliphatic rings. The van der Waals surface area contributed by atoms with Crippen LogP contribution >= 0.6 is 0 Å². The highest BCUT2D eigenvalue weighted by molar-refractivity contribution is 7.90. The molecule has 1 N–H and O–H groups in total. The fourth-order valence-corrected chi connectivity index (χ4v) is 4.63. The van der Waals surface area contributed by atoms with E-state index in [0.29, 0.717) is 11.3 Å². The number of imidazole rings is 1. The Kier molecular flexibility index (Phi) is 4.58. The second-order valence-electron chi connectivity index (χ2n) is 6.42. The van der Waals surface area contributed by atoms with Gasteiger partial charge in [0.2, 0.25) is 0 Å². The summed E-state index contributed by atoms with van der Waals surface area (Å²) in [6.07, 6.45) is 2.14. The van der Waals surface area contributed by atoms with Crippen LogP contribution in [0.15, 0.2) is 35.5 Å². The number of hydrogen-bond donors (Lipinski definition) is 1. The van der Waals surface area contributed by atoms with E-state index in [1.165, 1.54) is 11.3 Å². The van der Waals surface area contributed by atoms with Gasteiger partial charge in [0.1, 0.15) is 5.75 Å². The number of halogens is 2. The van der Waals surface area contributed by atoms with Crippen LogP contribution in [0.25, 0.3) is 11.0 Å². The zero-order valence-corrected chi connectivity index (χ0v) is 15.2. The lowest BCUT2D eigenvalue weighted by molar-refractivity contribution is 0.510. The number of rotatable bonds is 4. The first-order valence-electron chi connectivity index (χ1n) is 8.65. The molecule has 26 heavy (non-hydrogen) atoms. The molecule has 7 heteroatoms. The second kappa shape index (κ2) is 6.89. The van der Waals surface area contributed by atoms with Crippen LogP contribution in [-0.2, 0) is 23.3 Å². The fourth-order valence-electron chi connectivity index (χ4n) is 3.56. The topological polar surface area (TPSA) is 55.0 Å². The predicted molar refractivity (Wildman–Crippen MR) is 98.8 cm³/mol. The van der Waals surface area contributed by atoms with Crippen molar-refractivity contribution >= 4 is 27.9 Å². The predicted octanol–water partition coefficient (Wildman–Crippen LogP) is 3.92. The summed E-state index contributed by atoms with van der Waals surface area (Å²) in [5.41, 5.74) is 4.08. The van der Waals surface area contributed by atoms with Crippen molar-refractivity contribution in [2.45, 2.75) is 30.7 Å². The molecule has 0 bridgehead atoms. The maximum atomic E-state index is 13.4. The third-order valence-electron chi connectivity index (χ3n) is 4.78. The molecule has 0 saturated heterocycles. The summed E-state index contributed by atoms with van der Waals surface area (Å²) in [6, 6.07) is 8.17. The Balaban J connectivity index is 1.66. The van der Waals surface area contributed by atoms with Gasteiger partial charge in [-0.05, 0) is 25.3 Å². The normalized spacial score (nSPS) is 15.3. The van der Waals surface area contributed by atoms with Gasteiger partial charge in [0.15, 0.2) is 11.6 Å². The van der Waals surface area contributed by atoms with E-state index in [2.05, 4.69) is 27.9 Å². The lowest BCUT2D eigenvalue weighted by Gasteiger charge is -2.32. The summed E-state index contributed by atoms with van der Waals surface area (Å²) >= 11 is -1.43. The molecular weight excluding hydrogens is 356 g/mol. The van der Waals surface area contributed by atoms with Crippen LogP contribution in [0.2, 0.25) is 0 Å². The minimum absolute atomic E-state index is 0.237. The largest absolute Gasteiger partial charge is 0.609 e. The fraction of sp³-hybridized carbons (Fsp3) is 0.316. The Morgan fingerprint density at radius 1 is 1.27 bits per heavy atom. The average molecular weight is 375 g/mol. The Hall–Kier alpha value is -2.12. The lowest BCUT2D eigenvalue weighted by atomic mass is 9.98. The van der Waals surface area contributed by atoms with E-state index in [0.717, 1.165) is 43.6 Å². The number of nitrogens with one attached hydrogen (secondary N) is 1. The van der Waals surface area contributed by atoms with Gasteiger partial charge in [-0.3, -0.25) is 4.98 Å². The highest BCUT2D eigenvalue weighted by Gasteiger charge is 2.24. The number of aromatic amines is 1.